The molecule has 4 aromatic rings. The van der Waals surface area contributed by atoms with Crippen molar-refractivity contribution >= 4 is 16.9 Å². The number of rotatable bonds is 4. The number of hydrogen-bond donors (Lipinski definition) is 2. The molecule has 0 aliphatic carbocycles. The summed E-state index contributed by atoms with van der Waals surface area (Å²) in [6.07, 6.45) is 3.39. The highest BCUT2D eigenvalue weighted by atomic mass is 19.1. The first kappa shape index (κ1) is 18.4. The quantitative estimate of drug-likeness (QED) is 0.502. The third kappa shape index (κ3) is 3.33. The maximum atomic E-state index is 15.0. The van der Waals surface area contributed by atoms with E-state index in [9.17, 15) is 0 Å². The molecule has 3 aromatic heterocycles. The number of nitrogens with zero attached hydrogens (tertiary/aromatic N) is 5. The van der Waals surface area contributed by atoms with Gasteiger partial charge in [0.2, 0.25) is 11.8 Å². The van der Waals surface area contributed by atoms with Crippen LogP contribution in [0.25, 0.3) is 22.3 Å². The lowest BCUT2D eigenvalue weighted by Gasteiger charge is -2.23. The van der Waals surface area contributed by atoms with Crippen molar-refractivity contribution in [3.63, 3.8) is 0 Å². The Morgan fingerprint density at radius 2 is 2.00 bits per heavy atom. The normalized spacial score (nSPS) is 16.6. The molecule has 1 aliphatic heterocycles. The summed E-state index contributed by atoms with van der Waals surface area (Å²) in [4.78, 5) is 12.4. The van der Waals surface area contributed by atoms with Crippen LogP contribution in [-0.2, 0) is 0 Å². The molecule has 152 valence electrons. The Labute approximate surface area is 171 Å². The topological polar surface area (TPSA) is 104 Å². The molecule has 0 radical (unpaired) electrons. The Kier molecular flexibility index (Phi) is 4.72. The van der Waals surface area contributed by atoms with Gasteiger partial charge in [-0.05, 0) is 37.6 Å². The van der Waals surface area contributed by atoms with Gasteiger partial charge in [-0.3, -0.25) is 0 Å². The third-order valence-electron chi connectivity index (χ3n) is 5.18. The second-order valence-electron chi connectivity index (χ2n) is 7.15. The molecule has 9 heteroatoms. The van der Waals surface area contributed by atoms with Gasteiger partial charge in [0.1, 0.15) is 23.6 Å². The Bertz CT molecular complexity index is 1190. The number of para-hydroxylation sites is 1. The minimum absolute atomic E-state index is 0.112. The van der Waals surface area contributed by atoms with E-state index < -0.39 is 5.95 Å². The van der Waals surface area contributed by atoms with Gasteiger partial charge < -0.3 is 15.8 Å². The Morgan fingerprint density at radius 1 is 1.13 bits per heavy atom. The maximum absolute atomic E-state index is 15.0. The van der Waals surface area contributed by atoms with Crippen LogP contribution in [0.4, 0.5) is 10.2 Å². The Hall–Kier alpha value is -3.59. The number of nitrogens with two attached hydrogens (primary N) is 1. The Morgan fingerprint density at radius 3 is 2.77 bits per heavy atom. The van der Waals surface area contributed by atoms with Crippen LogP contribution in [0.1, 0.15) is 18.9 Å². The molecule has 30 heavy (non-hydrogen) atoms. The van der Waals surface area contributed by atoms with Gasteiger partial charge in [0.25, 0.3) is 0 Å². The number of aromatic nitrogens is 5. The van der Waals surface area contributed by atoms with E-state index in [-0.39, 0.29) is 23.3 Å². The number of hydrogen-bond acceptors (Lipinski definition) is 7. The summed E-state index contributed by atoms with van der Waals surface area (Å²) < 4.78 is 22.5. The predicted octanol–water partition coefficient (Wildman–Crippen LogP) is 3.33. The van der Waals surface area contributed by atoms with Crippen LogP contribution in [0.3, 0.4) is 0 Å². The molecule has 5 rings (SSSR count). The smallest absolute Gasteiger partial charge is 0.225 e. The first-order chi connectivity index (χ1) is 14.7. The largest absolute Gasteiger partial charge is 0.439 e. The summed E-state index contributed by atoms with van der Waals surface area (Å²) >= 11 is 0. The number of anilines is 1. The molecular formula is C21H20FN7O. The monoisotopic (exact) mass is 405 g/mol. The fraction of sp³-hybridized carbons (Fsp3) is 0.238. The molecule has 1 aliphatic rings. The summed E-state index contributed by atoms with van der Waals surface area (Å²) in [6, 6.07) is 12.4. The van der Waals surface area contributed by atoms with Gasteiger partial charge in [-0.1, -0.05) is 18.2 Å². The van der Waals surface area contributed by atoms with E-state index in [4.69, 9.17) is 15.6 Å². The summed E-state index contributed by atoms with van der Waals surface area (Å²) in [6.45, 7) is 1.74. The zero-order valence-electron chi connectivity index (χ0n) is 16.1. The third-order valence-corrected chi connectivity index (χ3v) is 5.18. The number of nitrogens with one attached hydrogen (secondary N) is 1. The fourth-order valence-corrected chi connectivity index (χ4v) is 3.74. The lowest BCUT2D eigenvalue weighted by Crippen LogP contribution is -2.32. The van der Waals surface area contributed by atoms with Crippen LogP contribution in [-0.4, -0.2) is 37.8 Å². The highest BCUT2D eigenvalue weighted by Crippen LogP contribution is 2.34. The SMILES string of the molecule is Nc1ncnc2c1c(-c1ccc(Oc3ccccc3)nc1F)nn2[C@@H]1CCCNC1. The van der Waals surface area contributed by atoms with Gasteiger partial charge in [0.05, 0.1) is 17.0 Å². The fourth-order valence-electron chi connectivity index (χ4n) is 3.74. The van der Waals surface area contributed by atoms with Crippen LogP contribution in [0, 0.1) is 5.95 Å². The van der Waals surface area contributed by atoms with Crippen molar-refractivity contribution in [1.82, 2.24) is 30.0 Å². The minimum atomic E-state index is -0.694. The van der Waals surface area contributed by atoms with Crippen LogP contribution in [0.15, 0.2) is 48.8 Å². The van der Waals surface area contributed by atoms with Crippen LogP contribution < -0.4 is 15.8 Å². The molecule has 0 spiro atoms. The minimum Gasteiger partial charge on any atom is -0.439 e. The van der Waals surface area contributed by atoms with Crippen LogP contribution in [0.5, 0.6) is 11.6 Å². The number of nitrogen functional groups attached to an aromatic ring is 1. The van der Waals surface area contributed by atoms with E-state index in [1.54, 1.807) is 24.3 Å². The van der Waals surface area contributed by atoms with Crippen molar-refractivity contribution in [2.24, 2.45) is 0 Å². The van der Waals surface area contributed by atoms with Gasteiger partial charge in [-0.2, -0.15) is 14.5 Å². The highest BCUT2D eigenvalue weighted by Gasteiger charge is 2.25. The molecule has 1 aromatic carbocycles. The first-order valence-electron chi connectivity index (χ1n) is 9.80. The molecular weight excluding hydrogens is 385 g/mol. The molecule has 1 atom stereocenters. The maximum Gasteiger partial charge on any atom is 0.225 e. The van der Waals surface area contributed by atoms with E-state index in [1.165, 1.54) is 6.33 Å². The average molecular weight is 405 g/mol. The highest BCUT2D eigenvalue weighted by molar-refractivity contribution is 5.98. The van der Waals surface area contributed by atoms with Crippen molar-refractivity contribution in [1.29, 1.82) is 0 Å². The summed E-state index contributed by atoms with van der Waals surface area (Å²) in [5.41, 5.74) is 7.33. The molecule has 1 fully saturated rings. The lowest BCUT2D eigenvalue weighted by atomic mass is 10.1. The van der Waals surface area contributed by atoms with E-state index in [0.717, 1.165) is 25.9 Å². The number of halogens is 1. The number of piperidine rings is 1. The van der Waals surface area contributed by atoms with Crippen molar-refractivity contribution in [2.75, 3.05) is 18.8 Å². The summed E-state index contributed by atoms with van der Waals surface area (Å²) in [7, 11) is 0. The van der Waals surface area contributed by atoms with E-state index in [2.05, 4.69) is 20.3 Å². The number of ether oxygens (including phenoxy) is 1. The van der Waals surface area contributed by atoms with Crippen molar-refractivity contribution < 1.29 is 9.13 Å². The average Bonchev–Trinajstić information content (AvgIpc) is 3.16. The molecule has 0 amide bonds. The van der Waals surface area contributed by atoms with Crippen LogP contribution in [0.2, 0.25) is 0 Å². The Balaban J connectivity index is 1.57. The first-order valence-corrected chi connectivity index (χ1v) is 9.80. The van der Waals surface area contributed by atoms with Gasteiger partial charge in [-0.15, -0.1) is 0 Å². The molecule has 1 saturated heterocycles. The number of fused-ring (bicyclic) bond motifs is 1. The van der Waals surface area contributed by atoms with Gasteiger partial charge in [0, 0.05) is 12.6 Å². The van der Waals surface area contributed by atoms with Crippen molar-refractivity contribution in [3.8, 4) is 22.9 Å². The summed E-state index contributed by atoms with van der Waals surface area (Å²) in [5.74, 6) is 0.301. The van der Waals surface area contributed by atoms with Crippen molar-refractivity contribution in [2.45, 2.75) is 18.9 Å². The van der Waals surface area contributed by atoms with Gasteiger partial charge in [-0.25, -0.2) is 14.6 Å². The lowest BCUT2D eigenvalue weighted by molar-refractivity contribution is 0.353. The number of pyridine rings is 1. The summed E-state index contributed by atoms with van der Waals surface area (Å²) in [5, 5.41) is 8.59. The van der Waals surface area contributed by atoms with Gasteiger partial charge >= 0.3 is 0 Å². The molecule has 4 heterocycles. The number of benzene rings is 1. The van der Waals surface area contributed by atoms with Crippen LogP contribution >= 0.6 is 0 Å². The molecule has 8 nitrogen and oxygen atoms in total. The van der Waals surface area contributed by atoms with Gasteiger partial charge in [0.15, 0.2) is 5.65 Å². The second-order valence-corrected chi connectivity index (χ2v) is 7.15. The van der Waals surface area contributed by atoms with E-state index in [0.29, 0.717) is 22.5 Å². The molecule has 3 N–H and O–H groups in total. The molecule has 0 unspecified atom stereocenters. The van der Waals surface area contributed by atoms with E-state index >= 15 is 4.39 Å². The predicted molar refractivity (Wildman–Crippen MR) is 111 cm³/mol. The molecule has 0 saturated carbocycles. The zero-order chi connectivity index (χ0) is 20.5. The molecule has 0 bridgehead atoms. The standard InChI is InChI=1S/C21H20FN7O/c22-19-15(8-9-16(27-19)30-14-6-2-1-3-7-14)18-17-20(23)25-12-26-21(17)29(28-18)13-5-4-10-24-11-13/h1-3,6-9,12-13,24H,4-5,10-11H2,(H2,23,25,26)/t13-/m1/s1. The zero-order valence-corrected chi connectivity index (χ0v) is 16.1. The van der Waals surface area contributed by atoms with Crippen molar-refractivity contribution in [3.05, 3.63) is 54.7 Å². The second kappa shape index (κ2) is 7.68. The van der Waals surface area contributed by atoms with E-state index in [1.807, 2.05) is 22.9 Å².